The quantitative estimate of drug-likeness (QED) is 0.169. The molecule has 2 heterocycles. The summed E-state index contributed by atoms with van der Waals surface area (Å²) in [5.74, 6) is 0. The summed E-state index contributed by atoms with van der Waals surface area (Å²) in [6.45, 7) is 10.7. The number of aryl methyl sites for hydroxylation is 5. The Morgan fingerprint density at radius 3 is 1.17 bits per heavy atom. The molecule has 0 N–H and O–H groups in total. The van der Waals surface area contributed by atoms with Crippen LogP contribution in [-0.2, 0) is 0 Å². The van der Waals surface area contributed by atoms with Gasteiger partial charge in [-0.2, -0.15) is 0 Å². The van der Waals surface area contributed by atoms with Crippen molar-refractivity contribution in [3.05, 3.63) is 192 Å². The molecule has 0 spiro atoms. The van der Waals surface area contributed by atoms with E-state index in [1.165, 1.54) is 33.0 Å². The number of fused-ring (bicyclic) bond motifs is 8. The number of rotatable bonds is 6. The van der Waals surface area contributed by atoms with Crippen LogP contribution in [0.1, 0.15) is 27.8 Å². The van der Waals surface area contributed by atoms with E-state index in [-0.39, 0.29) is 0 Å². The molecule has 4 heteroatoms. The summed E-state index contributed by atoms with van der Waals surface area (Å²) >= 11 is 0. The standard InChI is InChI=1S/C55H42N2O2/c1-33-14-20-42(21-15-33)56(50-12-8-6-10-35(50)3)44-24-18-38-28-46-48-32-49-47-29-39-19-25-45(57(43-22-16-34(2)17-23-43)51-13-9-7-11-36(51)4)27-41(39)31-53(47)59-55(49)37(5)54(48)58-52(46)30-40(38)26-44/h6-32H,1-5H3. The largest absolute Gasteiger partial charge is 0.456 e. The van der Waals surface area contributed by atoms with Crippen molar-refractivity contribution in [2.24, 2.45) is 0 Å². The molecule has 0 aliphatic rings. The summed E-state index contributed by atoms with van der Waals surface area (Å²) in [4.78, 5) is 4.69. The molecule has 0 atom stereocenters. The Balaban J connectivity index is 1.03. The lowest BCUT2D eigenvalue weighted by atomic mass is 10.0. The molecular formula is C55H42N2O2. The Morgan fingerprint density at radius 1 is 0.339 bits per heavy atom. The van der Waals surface area contributed by atoms with Gasteiger partial charge in [0.25, 0.3) is 0 Å². The first-order valence-electron chi connectivity index (χ1n) is 20.3. The molecule has 0 unspecified atom stereocenters. The Kier molecular flexibility index (Phi) is 7.92. The summed E-state index contributed by atoms with van der Waals surface area (Å²) in [6.07, 6.45) is 0. The summed E-state index contributed by atoms with van der Waals surface area (Å²) < 4.78 is 13.5. The normalized spacial score (nSPS) is 11.8. The first-order chi connectivity index (χ1) is 28.8. The van der Waals surface area contributed by atoms with E-state index in [0.717, 1.165) is 94.3 Å². The first-order valence-corrected chi connectivity index (χ1v) is 20.3. The van der Waals surface area contributed by atoms with Crippen molar-refractivity contribution in [3.8, 4) is 0 Å². The van der Waals surface area contributed by atoms with Crippen LogP contribution in [0.3, 0.4) is 0 Å². The van der Waals surface area contributed by atoms with Crippen LogP contribution in [-0.4, -0.2) is 0 Å². The highest BCUT2D eigenvalue weighted by molar-refractivity contribution is 6.20. The summed E-state index contributed by atoms with van der Waals surface area (Å²) in [7, 11) is 0. The minimum atomic E-state index is 0.863. The Morgan fingerprint density at radius 2 is 0.746 bits per heavy atom. The maximum Gasteiger partial charge on any atom is 0.142 e. The van der Waals surface area contributed by atoms with E-state index < -0.39 is 0 Å². The third kappa shape index (κ3) is 5.74. The third-order valence-electron chi connectivity index (χ3n) is 12.1. The van der Waals surface area contributed by atoms with Crippen molar-refractivity contribution in [3.63, 3.8) is 0 Å². The molecule has 0 saturated heterocycles. The lowest BCUT2D eigenvalue weighted by Crippen LogP contribution is -2.11. The molecule has 0 aliphatic heterocycles. The summed E-state index contributed by atoms with van der Waals surface area (Å²) in [6, 6.07) is 59.3. The van der Waals surface area contributed by atoms with Crippen molar-refractivity contribution in [1.29, 1.82) is 0 Å². The van der Waals surface area contributed by atoms with Gasteiger partial charge in [0, 0.05) is 61.2 Å². The van der Waals surface area contributed by atoms with Gasteiger partial charge in [0.15, 0.2) is 0 Å². The summed E-state index contributed by atoms with van der Waals surface area (Å²) in [5, 5.41) is 8.99. The van der Waals surface area contributed by atoms with Crippen molar-refractivity contribution >= 4 is 99.5 Å². The second-order valence-corrected chi connectivity index (χ2v) is 16.1. The van der Waals surface area contributed by atoms with Gasteiger partial charge in [-0.1, -0.05) is 83.9 Å². The molecule has 11 rings (SSSR count). The third-order valence-corrected chi connectivity index (χ3v) is 12.1. The maximum absolute atomic E-state index is 6.74. The monoisotopic (exact) mass is 762 g/mol. The van der Waals surface area contributed by atoms with Gasteiger partial charge in [-0.05, 0) is 158 Å². The van der Waals surface area contributed by atoms with Gasteiger partial charge in [-0.15, -0.1) is 0 Å². The van der Waals surface area contributed by atoms with E-state index >= 15 is 0 Å². The van der Waals surface area contributed by atoms with Crippen LogP contribution in [0.15, 0.2) is 173 Å². The maximum atomic E-state index is 6.74. The fourth-order valence-electron chi connectivity index (χ4n) is 8.93. The molecule has 284 valence electrons. The van der Waals surface area contributed by atoms with Crippen LogP contribution in [0.25, 0.3) is 65.4 Å². The van der Waals surface area contributed by atoms with Crippen molar-refractivity contribution in [1.82, 2.24) is 0 Å². The van der Waals surface area contributed by atoms with Gasteiger partial charge in [-0.25, -0.2) is 0 Å². The van der Waals surface area contributed by atoms with Crippen LogP contribution in [0, 0.1) is 34.6 Å². The van der Waals surface area contributed by atoms with E-state index in [0.29, 0.717) is 0 Å². The molecule has 0 saturated carbocycles. The molecule has 59 heavy (non-hydrogen) atoms. The van der Waals surface area contributed by atoms with E-state index in [2.05, 4.69) is 208 Å². The molecule has 2 aromatic heterocycles. The Bertz CT molecular complexity index is 3220. The highest BCUT2D eigenvalue weighted by Gasteiger charge is 2.21. The molecular weight excluding hydrogens is 721 g/mol. The number of anilines is 6. The lowest BCUT2D eigenvalue weighted by Gasteiger charge is -2.27. The second kappa shape index (κ2) is 13.4. The molecule has 9 aromatic carbocycles. The minimum Gasteiger partial charge on any atom is -0.456 e. The Labute approximate surface area is 343 Å². The molecule has 11 aromatic rings. The number of furan rings is 2. The van der Waals surface area contributed by atoms with Crippen LogP contribution >= 0.6 is 0 Å². The van der Waals surface area contributed by atoms with Gasteiger partial charge in [0.2, 0.25) is 0 Å². The SMILES string of the molecule is Cc1ccc(N(c2ccc3cc4c(cc3c2)oc2c(C)c3oc5cc6cc(N(c7ccc(C)cc7)c7ccccc7C)ccc6cc5c3cc24)c2ccccc2C)cc1. The van der Waals surface area contributed by atoms with E-state index in [1.807, 2.05) is 0 Å². The van der Waals surface area contributed by atoms with Gasteiger partial charge in [0.05, 0.1) is 0 Å². The number of hydrogen-bond donors (Lipinski definition) is 0. The van der Waals surface area contributed by atoms with Crippen molar-refractivity contribution in [2.75, 3.05) is 9.80 Å². The number of para-hydroxylation sites is 2. The van der Waals surface area contributed by atoms with Crippen LogP contribution < -0.4 is 9.80 Å². The van der Waals surface area contributed by atoms with Crippen LogP contribution in [0.5, 0.6) is 0 Å². The number of benzene rings is 9. The number of hydrogen-bond acceptors (Lipinski definition) is 4. The second-order valence-electron chi connectivity index (χ2n) is 16.1. The molecule has 0 radical (unpaired) electrons. The van der Waals surface area contributed by atoms with Gasteiger partial charge >= 0.3 is 0 Å². The first kappa shape index (κ1) is 34.9. The van der Waals surface area contributed by atoms with Gasteiger partial charge in [0.1, 0.15) is 22.3 Å². The molecule has 0 bridgehead atoms. The lowest BCUT2D eigenvalue weighted by molar-refractivity contribution is 0.651. The molecule has 0 amide bonds. The predicted octanol–water partition coefficient (Wildman–Crippen LogP) is 16.3. The van der Waals surface area contributed by atoms with E-state index in [4.69, 9.17) is 8.83 Å². The zero-order valence-electron chi connectivity index (χ0n) is 33.8. The molecule has 0 fully saturated rings. The molecule has 0 aliphatic carbocycles. The van der Waals surface area contributed by atoms with Crippen molar-refractivity contribution in [2.45, 2.75) is 34.6 Å². The minimum absolute atomic E-state index is 0.863. The van der Waals surface area contributed by atoms with Crippen molar-refractivity contribution < 1.29 is 8.83 Å². The topological polar surface area (TPSA) is 32.8 Å². The highest BCUT2D eigenvalue weighted by Crippen LogP contribution is 2.44. The Hall–Kier alpha value is -7.30. The van der Waals surface area contributed by atoms with Crippen LogP contribution in [0.2, 0.25) is 0 Å². The zero-order valence-corrected chi connectivity index (χ0v) is 33.8. The zero-order chi connectivity index (χ0) is 39.9. The van der Waals surface area contributed by atoms with Crippen LogP contribution in [0.4, 0.5) is 34.1 Å². The average molecular weight is 763 g/mol. The average Bonchev–Trinajstić information content (AvgIpc) is 3.79. The smallest absolute Gasteiger partial charge is 0.142 e. The highest BCUT2D eigenvalue weighted by atomic mass is 16.3. The fraction of sp³-hybridized carbons (Fsp3) is 0.0909. The molecule has 4 nitrogen and oxygen atoms in total. The van der Waals surface area contributed by atoms with E-state index in [1.54, 1.807) is 0 Å². The van der Waals surface area contributed by atoms with E-state index in [9.17, 15) is 0 Å². The summed E-state index contributed by atoms with van der Waals surface area (Å²) in [5.41, 5.74) is 16.1. The van der Waals surface area contributed by atoms with Gasteiger partial charge in [-0.3, -0.25) is 0 Å². The number of nitrogens with zero attached hydrogens (tertiary/aromatic N) is 2. The fourth-order valence-corrected chi connectivity index (χ4v) is 8.93. The predicted molar refractivity (Wildman–Crippen MR) is 249 cm³/mol. The van der Waals surface area contributed by atoms with Gasteiger partial charge < -0.3 is 18.6 Å².